The SMILES string of the molecule is CCC1CN(C(=O)c2c(C)[nH]c(C(=O)O)c2C)CCS1. The molecule has 1 aromatic heterocycles. The molecule has 0 radical (unpaired) electrons. The van der Waals surface area contributed by atoms with Crippen LogP contribution in [0.3, 0.4) is 0 Å². The number of carbonyl (C=O) groups excluding carboxylic acids is 1. The van der Waals surface area contributed by atoms with E-state index in [4.69, 9.17) is 5.11 Å². The summed E-state index contributed by atoms with van der Waals surface area (Å²) in [4.78, 5) is 28.4. The van der Waals surface area contributed by atoms with Gasteiger partial charge in [0, 0.05) is 29.8 Å². The standard InChI is InChI=1S/C14H20N2O3S/c1-4-10-7-16(5-6-20-10)13(17)11-8(2)12(14(18)19)15-9(11)3/h10,15H,4-7H2,1-3H3,(H,18,19). The second-order valence-corrected chi connectivity index (χ2v) is 6.49. The first-order valence-corrected chi connectivity index (χ1v) is 7.83. The van der Waals surface area contributed by atoms with E-state index in [9.17, 15) is 9.59 Å². The Morgan fingerprint density at radius 2 is 2.15 bits per heavy atom. The number of carboxylic acid groups (broad SMARTS) is 1. The highest BCUT2D eigenvalue weighted by Gasteiger charge is 2.28. The summed E-state index contributed by atoms with van der Waals surface area (Å²) in [6.07, 6.45) is 1.04. The minimum atomic E-state index is -1.02. The van der Waals surface area contributed by atoms with Crippen LogP contribution < -0.4 is 0 Å². The number of aromatic nitrogens is 1. The van der Waals surface area contributed by atoms with Crippen molar-refractivity contribution in [2.45, 2.75) is 32.4 Å². The van der Waals surface area contributed by atoms with E-state index in [1.165, 1.54) is 0 Å². The number of carbonyl (C=O) groups is 2. The number of thioether (sulfide) groups is 1. The summed E-state index contributed by atoms with van der Waals surface area (Å²) < 4.78 is 0. The van der Waals surface area contributed by atoms with Crippen molar-refractivity contribution in [3.8, 4) is 0 Å². The van der Waals surface area contributed by atoms with Crippen molar-refractivity contribution in [3.63, 3.8) is 0 Å². The Balaban J connectivity index is 2.27. The quantitative estimate of drug-likeness (QED) is 0.897. The minimum Gasteiger partial charge on any atom is -0.477 e. The first-order chi connectivity index (χ1) is 9.45. The number of rotatable bonds is 3. The van der Waals surface area contributed by atoms with Gasteiger partial charge in [-0.2, -0.15) is 11.8 Å². The molecule has 1 aromatic rings. The minimum absolute atomic E-state index is 0.0532. The van der Waals surface area contributed by atoms with Gasteiger partial charge in [0.1, 0.15) is 5.69 Å². The average molecular weight is 296 g/mol. The van der Waals surface area contributed by atoms with Crippen LogP contribution in [-0.4, -0.2) is 51.0 Å². The molecule has 5 nitrogen and oxygen atoms in total. The van der Waals surface area contributed by atoms with Gasteiger partial charge >= 0.3 is 5.97 Å². The maximum atomic E-state index is 12.6. The van der Waals surface area contributed by atoms with Gasteiger partial charge in [-0.1, -0.05) is 6.92 Å². The molecule has 1 unspecified atom stereocenters. The summed E-state index contributed by atoms with van der Waals surface area (Å²) in [6, 6.07) is 0. The molecule has 1 atom stereocenters. The van der Waals surface area contributed by atoms with Crippen LogP contribution in [0.5, 0.6) is 0 Å². The Hall–Kier alpha value is -1.43. The van der Waals surface area contributed by atoms with Gasteiger partial charge in [-0.3, -0.25) is 4.79 Å². The molecular weight excluding hydrogens is 276 g/mol. The van der Waals surface area contributed by atoms with Gasteiger partial charge in [-0.15, -0.1) is 0 Å². The van der Waals surface area contributed by atoms with Crippen LogP contribution in [0.15, 0.2) is 0 Å². The van der Waals surface area contributed by atoms with E-state index in [1.54, 1.807) is 13.8 Å². The molecule has 1 amide bonds. The molecular formula is C14H20N2O3S. The summed E-state index contributed by atoms with van der Waals surface area (Å²) in [7, 11) is 0. The van der Waals surface area contributed by atoms with E-state index in [0.717, 1.165) is 25.3 Å². The third-order valence-electron chi connectivity index (χ3n) is 3.75. The van der Waals surface area contributed by atoms with Crippen molar-refractivity contribution in [2.75, 3.05) is 18.8 Å². The highest BCUT2D eigenvalue weighted by molar-refractivity contribution is 8.00. The smallest absolute Gasteiger partial charge is 0.352 e. The van der Waals surface area contributed by atoms with Crippen LogP contribution in [0.4, 0.5) is 0 Å². The lowest BCUT2D eigenvalue weighted by atomic mass is 10.1. The fraction of sp³-hybridized carbons (Fsp3) is 0.571. The Bertz CT molecular complexity index is 539. The number of aromatic carboxylic acids is 1. The number of hydrogen-bond acceptors (Lipinski definition) is 3. The highest BCUT2D eigenvalue weighted by Crippen LogP contribution is 2.25. The van der Waals surface area contributed by atoms with Crippen molar-refractivity contribution >= 4 is 23.6 Å². The average Bonchev–Trinajstić information content (AvgIpc) is 2.73. The number of H-pyrrole nitrogens is 1. The number of nitrogens with zero attached hydrogens (tertiary/aromatic N) is 1. The molecule has 0 aliphatic carbocycles. The van der Waals surface area contributed by atoms with Crippen molar-refractivity contribution < 1.29 is 14.7 Å². The molecule has 2 rings (SSSR count). The number of hydrogen-bond donors (Lipinski definition) is 2. The molecule has 0 aromatic carbocycles. The van der Waals surface area contributed by atoms with Gasteiger partial charge in [-0.25, -0.2) is 4.79 Å². The fourth-order valence-corrected chi connectivity index (χ4v) is 3.77. The molecule has 110 valence electrons. The van der Waals surface area contributed by atoms with Crippen molar-refractivity contribution in [1.29, 1.82) is 0 Å². The Morgan fingerprint density at radius 1 is 1.45 bits per heavy atom. The van der Waals surface area contributed by atoms with Gasteiger partial charge in [-0.05, 0) is 25.8 Å². The summed E-state index contributed by atoms with van der Waals surface area (Å²) >= 11 is 1.90. The van der Waals surface area contributed by atoms with E-state index in [2.05, 4.69) is 11.9 Å². The topological polar surface area (TPSA) is 73.4 Å². The molecule has 2 N–H and O–H groups in total. The monoisotopic (exact) mass is 296 g/mol. The van der Waals surface area contributed by atoms with Crippen LogP contribution >= 0.6 is 11.8 Å². The zero-order chi connectivity index (χ0) is 14.9. The largest absolute Gasteiger partial charge is 0.477 e. The van der Waals surface area contributed by atoms with E-state index in [0.29, 0.717) is 22.1 Å². The fourth-order valence-electron chi connectivity index (χ4n) is 2.59. The lowest BCUT2D eigenvalue weighted by Crippen LogP contribution is -2.42. The lowest BCUT2D eigenvalue weighted by molar-refractivity contribution is 0.0690. The van der Waals surface area contributed by atoms with Crippen molar-refractivity contribution in [3.05, 3.63) is 22.5 Å². The van der Waals surface area contributed by atoms with Crippen LogP contribution in [0.2, 0.25) is 0 Å². The van der Waals surface area contributed by atoms with Crippen LogP contribution in [0.25, 0.3) is 0 Å². The zero-order valence-electron chi connectivity index (χ0n) is 12.0. The molecule has 1 aliphatic heterocycles. The van der Waals surface area contributed by atoms with Crippen LogP contribution in [0.1, 0.15) is 45.4 Å². The second-order valence-electron chi connectivity index (χ2n) is 5.08. The Morgan fingerprint density at radius 3 is 2.70 bits per heavy atom. The zero-order valence-corrected chi connectivity index (χ0v) is 12.8. The molecule has 0 spiro atoms. The normalized spacial score (nSPS) is 19.1. The predicted octanol–water partition coefficient (Wildman–Crippen LogP) is 2.30. The van der Waals surface area contributed by atoms with Crippen molar-refractivity contribution in [1.82, 2.24) is 9.88 Å². The first kappa shape index (κ1) is 15.0. The molecule has 1 saturated heterocycles. The number of aryl methyl sites for hydroxylation is 1. The highest BCUT2D eigenvalue weighted by atomic mass is 32.2. The third kappa shape index (κ3) is 2.70. The molecule has 1 fully saturated rings. The summed E-state index contributed by atoms with van der Waals surface area (Å²) in [5.41, 5.74) is 1.80. The van der Waals surface area contributed by atoms with Gasteiger partial charge in [0.15, 0.2) is 0 Å². The number of amides is 1. The van der Waals surface area contributed by atoms with Crippen LogP contribution in [-0.2, 0) is 0 Å². The summed E-state index contributed by atoms with van der Waals surface area (Å²) in [5.74, 6) is -0.133. The van der Waals surface area contributed by atoms with Gasteiger partial charge in [0.05, 0.1) is 5.56 Å². The Kier molecular flexibility index (Phi) is 4.42. The predicted molar refractivity (Wildman–Crippen MR) is 79.7 cm³/mol. The van der Waals surface area contributed by atoms with Crippen LogP contribution in [0, 0.1) is 13.8 Å². The first-order valence-electron chi connectivity index (χ1n) is 6.79. The molecule has 2 heterocycles. The number of carboxylic acids is 1. The summed E-state index contributed by atoms with van der Waals surface area (Å²) in [6.45, 7) is 7.04. The molecule has 6 heteroatoms. The van der Waals surface area contributed by atoms with Gasteiger partial charge < -0.3 is 15.0 Å². The maximum Gasteiger partial charge on any atom is 0.352 e. The molecule has 1 aliphatic rings. The number of nitrogens with one attached hydrogen (secondary N) is 1. The summed E-state index contributed by atoms with van der Waals surface area (Å²) in [5, 5.41) is 9.59. The number of aromatic amines is 1. The van der Waals surface area contributed by atoms with Gasteiger partial charge in [0.25, 0.3) is 5.91 Å². The van der Waals surface area contributed by atoms with E-state index < -0.39 is 5.97 Å². The molecule has 20 heavy (non-hydrogen) atoms. The third-order valence-corrected chi connectivity index (χ3v) is 5.12. The molecule has 0 saturated carbocycles. The molecule has 0 bridgehead atoms. The second kappa shape index (κ2) is 5.91. The van der Waals surface area contributed by atoms with E-state index in [1.807, 2.05) is 16.7 Å². The van der Waals surface area contributed by atoms with Crippen molar-refractivity contribution in [2.24, 2.45) is 0 Å². The lowest BCUT2D eigenvalue weighted by Gasteiger charge is -2.32. The Labute approximate surface area is 122 Å². The van der Waals surface area contributed by atoms with Gasteiger partial charge in [0.2, 0.25) is 0 Å². The maximum absolute atomic E-state index is 12.6. The van der Waals surface area contributed by atoms with E-state index >= 15 is 0 Å². The van der Waals surface area contributed by atoms with E-state index in [-0.39, 0.29) is 11.6 Å².